The summed E-state index contributed by atoms with van der Waals surface area (Å²) in [4.78, 5) is 12.1. The SMILES string of the molecule is CCOC(=O)C(Cc1ccc(OC/C=C2\c3ccccc3-c3c(C)cccc32)cc1)OCC. The highest BCUT2D eigenvalue weighted by atomic mass is 16.6. The molecule has 3 aromatic rings. The minimum atomic E-state index is -0.586. The van der Waals surface area contributed by atoms with Gasteiger partial charge in [-0.05, 0) is 77.9 Å². The Bertz CT molecular complexity index is 1140. The number of fused-ring (bicyclic) bond motifs is 3. The maximum Gasteiger partial charge on any atom is 0.335 e. The van der Waals surface area contributed by atoms with Gasteiger partial charge in [0.05, 0.1) is 6.61 Å². The first-order valence-corrected chi connectivity index (χ1v) is 11.5. The third kappa shape index (κ3) is 5.01. The topological polar surface area (TPSA) is 44.8 Å². The van der Waals surface area contributed by atoms with Crippen LogP contribution in [0.1, 0.15) is 36.1 Å². The van der Waals surface area contributed by atoms with Gasteiger partial charge in [0.2, 0.25) is 0 Å². The van der Waals surface area contributed by atoms with Gasteiger partial charge in [-0.2, -0.15) is 0 Å². The lowest BCUT2D eigenvalue weighted by molar-refractivity contribution is -0.156. The summed E-state index contributed by atoms with van der Waals surface area (Å²) in [5.41, 5.74) is 8.61. The molecule has 1 aliphatic rings. The normalized spacial score (nSPS) is 14.0. The molecule has 3 aromatic carbocycles. The molecule has 0 saturated heterocycles. The van der Waals surface area contributed by atoms with Gasteiger partial charge in [0.25, 0.3) is 0 Å². The van der Waals surface area contributed by atoms with Gasteiger partial charge in [0, 0.05) is 13.0 Å². The van der Waals surface area contributed by atoms with Crippen LogP contribution in [0, 0.1) is 6.92 Å². The molecule has 0 aliphatic heterocycles. The fraction of sp³-hybridized carbons (Fsp3) is 0.276. The van der Waals surface area contributed by atoms with E-state index < -0.39 is 6.10 Å². The predicted octanol–water partition coefficient (Wildman–Crippen LogP) is 6.00. The van der Waals surface area contributed by atoms with E-state index in [2.05, 4.69) is 55.5 Å². The van der Waals surface area contributed by atoms with E-state index in [0.29, 0.717) is 26.2 Å². The van der Waals surface area contributed by atoms with Crippen LogP contribution in [0.15, 0.2) is 72.8 Å². The third-order valence-electron chi connectivity index (χ3n) is 5.85. The fourth-order valence-electron chi connectivity index (χ4n) is 4.35. The molecule has 0 heterocycles. The smallest absolute Gasteiger partial charge is 0.335 e. The lowest BCUT2D eigenvalue weighted by atomic mass is 10.0. The summed E-state index contributed by atoms with van der Waals surface area (Å²) in [5.74, 6) is 0.467. The van der Waals surface area contributed by atoms with E-state index in [0.717, 1.165) is 11.3 Å². The minimum absolute atomic E-state index is 0.321. The first-order chi connectivity index (χ1) is 16.1. The van der Waals surface area contributed by atoms with E-state index in [1.165, 1.54) is 33.4 Å². The van der Waals surface area contributed by atoms with Gasteiger partial charge in [-0.25, -0.2) is 4.79 Å². The van der Waals surface area contributed by atoms with Crippen LogP contribution >= 0.6 is 0 Å². The molecule has 0 spiro atoms. The van der Waals surface area contributed by atoms with E-state index in [1.54, 1.807) is 6.92 Å². The number of aryl methyl sites for hydroxylation is 1. The van der Waals surface area contributed by atoms with Crippen LogP contribution in [0.5, 0.6) is 5.75 Å². The average molecular weight is 443 g/mol. The molecule has 0 N–H and O–H groups in total. The Labute approximate surface area is 195 Å². The minimum Gasteiger partial charge on any atom is -0.490 e. The lowest BCUT2D eigenvalue weighted by Crippen LogP contribution is -2.28. The number of hydrogen-bond acceptors (Lipinski definition) is 4. The Hall–Kier alpha value is -3.37. The second-order valence-electron chi connectivity index (χ2n) is 8.02. The van der Waals surface area contributed by atoms with E-state index in [1.807, 2.05) is 31.2 Å². The number of hydrogen-bond donors (Lipinski definition) is 0. The molecular weight excluding hydrogens is 412 g/mol. The average Bonchev–Trinajstić information content (AvgIpc) is 3.15. The zero-order chi connectivity index (χ0) is 23.2. The highest BCUT2D eigenvalue weighted by Crippen LogP contribution is 2.45. The molecule has 4 rings (SSSR count). The molecule has 0 saturated carbocycles. The maximum absolute atomic E-state index is 12.1. The van der Waals surface area contributed by atoms with Gasteiger partial charge in [0.1, 0.15) is 12.4 Å². The molecule has 33 heavy (non-hydrogen) atoms. The van der Waals surface area contributed by atoms with Gasteiger partial charge in [0.15, 0.2) is 6.10 Å². The molecule has 4 heteroatoms. The van der Waals surface area contributed by atoms with Crippen molar-refractivity contribution in [1.29, 1.82) is 0 Å². The Morgan fingerprint density at radius 2 is 1.61 bits per heavy atom. The van der Waals surface area contributed by atoms with Crippen molar-refractivity contribution in [2.75, 3.05) is 19.8 Å². The summed E-state index contributed by atoms with van der Waals surface area (Å²) in [6, 6.07) is 22.8. The predicted molar refractivity (Wildman–Crippen MR) is 131 cm³/mol. The Kier molecular flexibility index (Phi) is 7.26. The van der Waals surface area contributed by atoms with Crippen LogP contribution in [0.2, 0.25) is 0 Å². The first-order valence-electron chi connectivity index (χ1n) is 11.5. The first kappa shape index (κ1) is 22.8. The number of carbonyl (C=O) groups is 1. The van der Waals surface area contributed by atoms with Crippen molar-refractivity contribution < 1.29 is 19.0 Å². The molecule has 0 bridgehead atoms. The van der Waals surface area contributed by atoms with E-state index >= 15 is 0 Å². The van der Waals surface area contributed by atoms with Gasteiger partial charge in [-0.3, -0.25) is 0 Å². The molecule has 170 valence electrons. The van der Waals surface area contributed by atoms with E-state index in [-0.39, 0.29) is 5.97 Å². The van der Waals surface area contributed by atoms with Crippen LogP contribution in [-0.2, 0) is 20.7 Å². The molecule has 0 aromatic heterocycles. The van der Waals surface area contributed by atoms with Gasteiger partial charge < -0.3 is 14.2 Å². The zero-order valence-electron chi connectivity index (χ0n) is 19.5. The maximum atomic E-state index is 12.1. The summed E-state index contributed by atoms with van der Waals surface area (Å²) >= 11 is 0. The van der Waals surface area contributed by atoms with E-state index in [4.69, 9.17) is 14.2 Å². The summed E-state index contributed by atoms with van der Waals surface area (Å²) in [5, 5.41) is 0. The second kappa shape index (κ2) is 10.5. The number of esters is 1. The molecule has 4 nitrogen and oxygen atoms in total. The number of carbonyl (C=O) groups excluding carboxylic acids is 1. The molecule has 0 amide bonds. The van der Waals surface area contributed by atoms with Crippen LogP contribution in [0.3, 0.4) is 0 Å². The highest BCUT2D eigenvalue weighted by Gasteiger charge is 2.24. The standard InChI is InChI=1S/C29H30O4/c1-4-31-27(29(30)32-5-2)19-21-13-15-22(16-14-21)33-18-17-24-23-10-6-7-11-25(23)28-20(3)9-8-12-26(24)28/h6-17,27H,4-5,18-19H2,1-3H3/b24-17+. The van der Waals surface area contributed by atoms with Crippen molar-refractivity contribution in [3.05, 3.63) is 95.1 Å². The van der Waals surface area contributed by atoms with Crippen LogP contribution in [-0.4, -0.2) is 31.9 Å². The van der Waals surface area contributed by atoms with Crippen molar-refractivity contribution in [2.45, 2.75) is 33.3 Å². The summed E-state index contributed by atoms with van der Waals surface area (Å²) in [7, 11) is 0. The number of benzene rings is 3. The molecular formula is C29H30O4. The Balaban J connectivity index is 1.44. The Morgan fingerprint density at radius 1 is 0.879 bits per heavy atom. The van der Waals surface area contributed by atoms with Crippen LogP contribution in [0.4, 0.5) is 0 Å². The lowest BCUT2D eigenvalue weighted by Gasteiger charge is -2.15. The zero-order valence-corrected chi connectivity index (χ0v) is 19.5. The van der Waals surface area contributed by atoms with Crippen molar-refractivity contribution in [3.8, 4) is 16.9 Å². The highest BCUT2D eigenvalue weighted by molar-refractivity contribution is 6.02. The second-order valence-corrected chi connectivity index (χ2v) is 8.02. The van der Waals surface area contributed by atoms with E-state index in [9.17, 15) is 4.79 Å². The van der Waals surface area contributed by atoms with Crippen molar-refractivity contribution in [3.63, 3.8) is 0 Å². The molecule has 1 unspecified atom stereocenters. The molecule has 0 radical (unpaired) electrons. The van der Waals surface area contributed by atoms with Gasteiger partial charge in [-0.1, -0.05) is 54.6 Å². The largest absolute Gasteiger partial charge is 0.490 e. The fourth-order valence-corrected chi connectivity index (χ4v) is 4.35. The van der Waals surface area contributed by atoms with Crippen LogP contribution < -0.4 is 4.74 Å². The Morgan fingerprint density at radius 3 is 2.33 bits per heavy atom. The van der Waals surface area contributed by atoms with Crippen molar-refractivity contribution in [1.82, 2.24) is 0 Å². The van der Waals surface area contributed by atoms with Gasteiger partial charge >= 0.3 is 5.97 Å². The summed E-state index contributed by atoms with van der Waals surface area (Å²) in [6.07, 6.45) is 2.05. The summed E-state index contributed by atoms with van der Waals surface area (Å²) in [6.45, 7) is 7.12. The van der Waals surface area contributed by atoms with Gasteiger partial charge in [-0.15, -0.1) is 0 Å². The number of rotatable bonds is 9. The quantitative estimate of drug-likeness (QED) is 0.298. The molecule has 0 fully saturated rings. The summed E-state index contributed by atoms with van der Waals surface area (Å²) < 4.78 is 16.7. The molecule has 1 atom stereocenters. The van der Waals surface area contributed by atoms with Crippen molar-refractivity contribution >= 4 is 11.5 Å². The van der Waals surface area contributed by atoms with Crippen LogP contribution in [0.25, 0.3) is 16.7 Å². The number of ether oxygens (including phenoxy) is 3. The third-order valence-corrected chi connectivity index (χ3v) is 5.85. The monoisotopic (exact) mass is 442 g/mol. The molecule has 1 aliphatic carbocycles. The van der Waals surface area contributed by atoms with Crippen molar-refractivity contribution in [2.24, 2.45) is 0 Å².